The second kappa shape index (κ2) is 5.99. The molecule has 2 atom stereocenters. The lowest BCUT2D eigenvalue weighted by Gasteiger charge is -2.31. The lowest BCUT2D eigenvalue weighted by Crippen LogP contribution is -2.49. The van der Waals surface area contributed by atoms with Crippen molar-refractivity contribution in [3.8, 4) is 6.07 Å². The molecule has 0 aliphatic carbocycles. The number of anilines is 1. The van der Waals surface area contributed by atoms with Crippen molar-refractivity contribution >= 4 is 5.69 Å². The molecule has 0 saturated heterocycles. The Bertz CT molecular complexity index is 513. The second-order valence-corrected chi connectivity index (χ2v) is 5.41. The van der Waals surface area contributed by atoms with Gasteiger partial charge in [-0.3, -0.25) is 4.90 Å². The van der Waals surface area contributed by atoms with E-state index in [-0.39, 0.29) is 12.2 Å². The molecule has 2 rings (SSSR count). The lowest BCUT2D eigenvalue weighted by molar-refractivity contribution is 0.238. The monoisotopic (exact) mass is 272 g/mol. The highest BCUT2D eigenvalue weighted by molar-refractivity contribution is 5.50. The first-order chi connectivity index (χ1) is 9.52. The molecule has 0 N–H and O–H groups in total. The predicted molar refractivity (Wildman–Crippen MR) is 78.3 cm³/mol. The minimum Gasteiger partial charge on any atom is -0.307 e. The fraction of sp³-hybridized carbons (Fsp3) is 0.500. The highest BCUT2D eigenvalue weighted by Gasteiger charge is 2.35. The Balaban J connectivity index is 2.22. The third-order valence-electron chi connectivity index (χ3n) is 3.23. The number of rotatable bonds is 4. The molecule has 1 aliphatic rings. The second-order valence-electron chi connectivity index (χ2n) is 5.41. The van der Waals surface area contributed by atoms with Crippen LogP contribution in [0.2, 0.25) is 0 Å². The molecule has 20 heavy (non-hydrogen) atoms. The van der Waals surface area contributed by atoms with Crippen molar-refractivity contribution in [3.05, 3.63) is 29.8 Å². The molecule has 6 heteroatoms. The van der Waals surface area contributed by atoms with Crippen LogP contribution in [-0.2, 0) is 0 Å². The van der Waals surface area contributed by atoms with Crippen molar-refractivity contribution in [2.75, 3.05) is 39.7 Å². The molecule has 0 radical (unpaired) electrons. The molecule has 0 amide bonds. The number of benzene rings is 1. The maximum atomic E-state index is 8.86. The number of nitriles is 1. The molecule has 0 aromatic heterocycles. The van der Waals surface area contributed by atoms with Crippen LogP contribution in [0.1, 0.15) is 5.56 Å². The highest BCUT2D eigenvalue weighted by Crippen LogP contribution is 2.27. The first-order valence-electron chi connectivity index (χ1n) is 6.54. The Labute approximate surface area is 119 Å². The summed E-state index contributed by atoms with van der Waals surface area (Å²) in [4.78, 5) is 4.23. The van der Waals surface area contributed by atoms with Crippen LogP contribution in [0.3, 0.4) is 0 Å². The van der Waals surface area contributed by atoms with Crippen LogP contribution in [0, 0.1) is 11.3 Å². The Morgan fingerprint density at radius 2 is 1.85 bits per heavy atom. The molecule has 0 spiro atoms. The molecule has 1 heterocycles. The van der Waals surface area contributed by atoms with Gasteiger partial charge >= 0.3 is 0 Å². The van der Waals surface area contributed by atoms with Gasteiger partial charge in [0.2, 0.25) is 0 Å². The van der Waals surface area contributed by atoms with Crippen LogP contribution < -0.4 is 5.01 Å². The van der Waals surface area contributed by atoms with E-state index < -0.39 is 0 Å². The number of hydrogen-bond donors (Lipinski definition) is 0. The number of likely N-dealkylation sites (N-methyl/N-ethyl adjacent to an activating group) is 2. The van der Waals surface area contributed by atoms with Crippen LogP contribution in [0.4, 0.5) is 5.69 Å². The van der Waals surface area contributed by atoms with Gasteiger partial charge < -0.3 is 4.90 Å². The summed E-state index contributed by atoms with van der Waals surface area (Å²) < 4.78 is 0. The van der Waals surface area contributed by atoms with Gasteiger partial charge in [-0.15, -0.1) is 0 Å². The van der Waals surface area contributed by atoms with Gasteiger partial charge in [0.1, 0.15) is 12.2 Å². The van der Waals surface area contributed by atoms with E-state index in [2.05, 4.69) is 26.2 Å². The summed E-state index contributed by atoms with van der Waals surface area (Å²) >= 11 is 0. The fourth-order valence-electron chi connectivity index (χ4n) is 2.36. The van der Waals surface area contributed by atoms with Crippen LogP contribution in [0.25, 0.3) is 0 Å². The van der Waals surface area contributed by atoms with Crippen LogP contribution >= 0.6 is 0 Å². The third-order valence-corrected chi connectivity index (χ3v) is 3.23. The summed E-state index contributed by atoms with van der Waals surface area (Å²) in [5, 5.41) is 19.5. The molecule has 0 fully saturated rings. The Kier molecular flexibility index (Phi) is 4.32. The average Bonchev–Trinajstić information content (AvgIpc) is 2.81. The summed E-state index contributed by atoms with van der Waals surface area (Å²) in [6, 6.07) is 9.65. The summed E-state index contributed by atoms with van der Waals surface area (Å²) in [6.45, 7) is 0.846. The summed E-state index contributed by atoms with van der Waals surface area (Å²) in [5.41, 5.74) is 1.60. The molecule has 1 aromatic carbocycles. The van der Waals surface area contributed by atoms with Crippen molar-refractivity contribution in [2.45, 2.75) is 12.2 Å². The van der Waals surface area contributed by atoms with Crippen LogP contribution in [0.5, 0.6) is 0 Å². The highest BCUT2D eigenvalue weighted by atomic mass is 15.7. The van der Waals surface area contributed by atoms with Crippen molar-refractivity contribution in [1.82, 2.24) is 9.80 Å². The normalized spacial score (nSPS) is 21.8. The van der Waals surface area contributed by atoms with Gasteiger partial charge in [0.25, 0.3) is 0 Å². The van der Waals surface area contributed by atoms with Gasteiger partial charge in [-0.1, -0.05) is 5.22 Å². The maximum Gasteiger partial charge on any atom is 0.131 e. The minimum absolute atomic E-state index is 0.0883. The predicted octanol–water partition coefficient (Wildman–Crippen LogP) is 1.56. The van der Waals surface area contributed by atoms with Crippen molar-refractivity contribution in [1.29, 1.82) is 5.26 Å². The molecule has 1 aromatic rings. The number of hydrogen-bond acceptors (Lipinski definition) is 6. The molecule has 0 saturated carbocycles. The first-order valence-corrected chi connectivity index (χ1v) is 6.54. The summed E-state index contributed by atoms with van der Waals surface area (Å²) in [7, 11) is 8.12. The molecule has 106 valence electrons. The molecule has 6 nitrogen and oxygen atoms in total. The van der Waals surface area contributed by atoms with Gasteiger partial charge in [0.15, 0.2) is 0 Å². The Hall–Kier alpha value is -1.97. The van der Waals surface area contributed by atoms with E-state index in [9.17, 15) is 0 Å². The van der Waals surface area contributed by atoms with E-state index in [1.807, 2.05) is 45.3 Å². The molecule has 0 bridgehead atoms. The molecular weight excluding hydrogens is 252 g/mol. The lowest BCUT2D eigenvalue weighted by atomic mass is 10.1. The SMILES string of the molecule is CN(C)CC1N=NN(c2ccc(C#N)cc2)C1N(C)C. The van der Waals surface area contributed by atoms with E-state index in [4.69, 9.17) is 5.26 Å². The van der Waals surface area contributed by atoms with E-state index in [1.165, 1.54) is 0 Å². The minimum atomic E-state index is 0.0883. The topological polar surface area (TPSA) is 58.2 Å². The van der Waals surface area contributed by atoms with Gasteiger partial charge in [0, 0.05) is 6.54 Å². The summed E-state index contributed by atoms with van der Waals surface area (Å²) in [5.74, 6) is 0. The quantitative estimate of drug-likeness (QED) is 0.834. The van der Waals surface area contributed by atoms with Gasteiger partial charge in [0.05, 0.1) is 17.3 Å². The van der Waals surface area contributed by atoms with E-state index in [0.29, 0.717) is 5.56 Å². The summed E-state index contributed by atoms with van der Waals surface area (Å²) in [6.07, 6.45) is 0.0883. The zero-order valence-electron chi connectivity index (χ0n) is 12.4. The van der Waals surface area contributed by atoms with Crippen LogP contribution in [0.15, 0.2) is 34.6 Å². The van der Waals surface area contributed by atoms with E-state index in [0.717, 1.165) is 12.2 Å². The molecule has 1 aliphatic heterocycles. The first kappa shape index (κ1) is 14.4. The largest absolute Gasteiger partial charge is 0.307 e. The van der Waals surface area contributed by atoms with Gasteiger partial charge in [-0.25, -0.2) is 5.01 Å². The maximum absolute atomic E-state index is 8.86. The van der Waals surface area contributed by atoms with Gasteiger partial charge in [-0.05, 0) is 52.5 Å². The van der Waals surface area contributed by atoms with E-state index >= 15 is 0 Å². The molecular formula is C14H20N6. The van der Waals surface area contributed by atoms with Crippen molar-refractivity contribution in [2.24, 2.45) is 10.3 Å². The fourth-order valence-corrected chi connectivity index (χ4v) is 2.36. The Morgan fingerprint density at radius 1 is 1.20 bits per heavy atom. The Morgan fingerprint density at radius 3 is 2.35 bits per heavy atom. The van der Waals surface area contributed by atoms with Crippen molar-refractivity contribution < 1.29 is 0 Å². The standard InChI is InChI=1S/C14H20N6/c1-18(2)10-13-14(19(3)4)20(17-16-13)12-7-5-11(9-15)6-8-12/h5-8,13-14H,10H2,1-4H3. The van der Waals surface area contributed by atoms with Crippen molar-refractivity contribution in [3.63, 3.8) is 0 Å². The third kappa shape index (κ3) is 2.95. The zero-order valence-corrected chi connectivity index (χ0v) is 12.4. The average molecular weight is 272 g/mol. The van der Waals surface area contributed by atoms with Gasteiger partial charge in [-0.2, -0.15) is 10.4 Å². The zero-order chi connectivity index (χ0) is 14.7. The number of nitrogens with zero attached hydrogens (tertiary/aromatic N) is 6. The molecule has 2 unspecified atom stereocenters. The van der Waals surface area contributed by atoms with Crippen LogP contribution in [-0.4, -0.2) is 56.7 Å². The van der Waals surface area contributed by atoms with E-state index in [1.54, 1.807) is 12.1 Å². The smallest absolute Gasteiger partial charge is 0.131 e.